The van der Waals surface area contributed by atoms with Crippen LogP contribution >= 0.6 is 27.3 Å². The molecule has 1 aromatic heterocycles. The standard InChI is InChI=1S/C14H14BrNOS/c1-2-10-5-3-4-6-11(10)9-16-14(17)12-7-8-13(15)18-12/h3-8H,2,9H2,1H3,(H,16,17). The van der Waals surface area contributed by atoms with Crippen molar-refractivity contribution in [1.29, 1.82) is 0 Å². The number of amides is 1. The highest BCUT2D eigenvalue weighted by atomic mass is 79.9. The fraction of sp³-hybridized carbons (Fsp3) is 0.214. The van der Waals surface area contributed by atoms with Crippen molar-refractivity contribution < 1.29 is 4.79 Å². The number of carbonyl (C=O) groups is 1. The summed E-state index contributed by atoms with van der Waals surface area (Å²) in [4.78, 5) is 12.6. The Bertz CT molecular complexity index is 550. The molecule has 1 N–H and O–H groups in total. The van der Waals surface area contributed by atoms with Gasteiger partial charge in [-0.05, 0) is 45.6 Å². The molecule has 18 heavy (non-hydrogen) atoms. The van der Waals surface area contributed by atoms with Gasteiger partial charge in [-0.2, -0.15) is 0 Å². The first-order valence-corrected chi connectivity index (χ1v) is 7.42. The highest BCUT2D eigenvalue weighted by Crippen LogP contribution is 2.22. The third kappa shape index (κ3) is 3.21. The molecule has 1 amide bonds. The molecule has 0 atom stereocenters. The number of rotatable bonds is 4. The van der Waals surface area contributed by atoms with Crippen LogP contribution in [0.5, 0.6) is 0 Å². The van der Waals surface area contributed by atoms with Crippen molar-refractivity contribution >= 4 is 33.2 Å². The minimum atomic E-state index is -0.0170. The Morgan fingerprint density at radius 2 is 1.94 bits per heavy atom. The number of hydrogen-bond donors (Lipinski definition) is 1. The van der Waals surface area contributed by atoms with Crippen LogP contribution < -0.4 is 5.32 Å². The Balaban J connectivity index is 2.01. The van der Waals surface area contributed by atoms with Gasteiger partial charge in [0.15, 0.2) is 0 Å². The highest BCUT2D eigenvalue weighted by molar-refractivity contribution is 9.11. The molecular formula is C14H14BrNOS. The SMILES string of the molecule is CCc1ccccc1CNC(=O)c1ccc(Br)s1. The molecule has 2 aromatic rings. The molecule has 0 bridgehead atoms. The predicted molar refractivity (Wildman–Crippen MR) is 79.0 cm³/mol. The lowest BCUT2D eigenvalue weighted by atomic mass is 10.1. The normalized spacial score (nSPS) is 10.3. The zero-order valence-electron chi connectivity index (χ0n) is 10.1. The minimum Gasteiger partial charge on any atom is -0.347 e. The quantitative estimate of drug-likeness (QED) is 0.905. The van der Waals surface area contributed by atoms with Crippen molar-refractivity contribution in [2.45, 2.75) is 19.9 Å². The first kappa shape index (κ1) is 13.3. The van der Waals surface area contributed by atoms with Crippen LogP contribution in [0.2, 0.25) is 0 Å². The van der Waals surface area contributed by atoms with Crippen LogP contribution in [0.3, 0.4) is 0 Å². The van der Waals surface area contributed by atoms with Gasteiger partial charge in [-0.15, -0.1) is 11.3 Å². The molecule has 2 nitrogen and oxygen atoms in total. The van der Waals surface area contributed by atoms with Gasteiger partial charge in [0, 0.05) is 6.54 Å². The molecule has 0 unspecified atom stereocenters. The number of benzene rings is 1. The molecule has 0 aliphatic carbocycles. The van der Waals surface area contributed by atoms with Crippen LogP contribution in [-0.4, -0.2) is 5.91 Å². The molecule has 0 radical (unpaired) electrons. The fourth-order valence-corrected chi connectivity index (χ4v) is 3.08. The lowest BCUT2D eigenvalue weighted by molar-refractivity contribution is 0.0955. The molecule has 0 saturated carbocycles. The van der Waals surface area contributed by atoms with E-state index in [4.69, 9.17) is 0 Å². The molecule has 0 spiro atoms. The minimum absolute atomic E-state index is 0.0170. The Morgan fingerprint density at radius 3 is 2.56 bits per heavy atom. The molecule has 94 valence electrons. The summed E-state index contributed by atoms with van der Waals surface area (Å²) in [7, 11) is 0. The van der Waals surface area contributed by atoms with Crippen molar-refractivity contribution in [3.63, 3.8) is 0 Å². The first-order valence-electron chi connectivity index (χ1n) is 5.81. The summed E-state index contributed by atoms with van der Waals surface area (Å²) in [6.07, 6.45) is 0.983. The maximum absolute atomic E-state index is 11.9. The number of carbonyl (C=O) groups excluding carboxylic acids is 1. The van der Waals surface area contributed by atoms with Crippen LogP contribution in [0, 0.1) is 0 Å². The molecule has 4 heteroatoms. The molecule has 1 heterocycles. The maximum atomic E-state index is 11.9. The van der Waals surface area contributed by atoms with Crippen LogP contribution in [0.4, 0.5) is 0 Å². The van der Waals surface area contributed by atoms with E-state index in [1.54, 1.807) is 0 Å². The van der Waals surface area contributed by atoms with Crippen LogP contribution in [0.15, 0.2) is 40.2 Å². The van der Waals surface area contributed by atoms with Crippen LogP contribution in [-0.2, 0) is 13.0 Å². The Morgan fingerprint density at radius 1 is 1.22 bits per heavy atom. The average Bonchev–Trinajstić information content (AvgIpc) is 2.83. The van der Waals surface area contributed by atoms with E-state index in [1.807, 2.05) is 24.3 Å². The predicted octanol–water partition coefficient (Wildman–Crippen LogP) is 4.00. The summed E-state index contributed by atoms with van der Waals surface area (Å²) in [5.74, 6) is -0.0170. The van der Waals surface area contributed by atoms with E-state index >= 15 is 0 Å². The average molecular weight is 324 g/mol. The molecule has 1 aromatic carbocycles. The Hall–Kier alpha value is -1.13. The fourth-order valence-electron chi connectivity index (χ4n) is 1.77. The van der Waals surface area contributed by atoms with Gasteiger partial charge in [0.2, 0.25) is 0 Å². The van der Waals surface area contributed by atoms with Gasteiger partial charge in [0.05, 0.1) is 8.66 Å². The summed E-state index contributed by atoms with van der Waals surface area (Å²) in [5, 5.41) is 2.95. The number of halogens is 1. The summed E-state index contributed by atoms with van der Waals surface area (Å²) in [6.45, 7) is 2.70. The van der Waals surface area contributed by atoms with Crippen molar-refractivity contribution in [3.05, 3.63) is 56.2 Å². The van der Waals surface area contributed by atoms with Crippen molar-refractivity contribution in [2.24, 2.45) is 0 Å². The number of thiophene rings is 1. The van der Waals surface area contributed by atoms with Gasteiger partial charge in [0.1, 0.15) is 0 Å². The molecule has 0 saturated heterocycles. The second kappa shape index (κ2) is 6.16. The number of hydrogen-bond acceptors (Lipinski definition) is 2. The van der Waals surface area contributed by atoms with E-state index in [0.29, 0.717) is 6.54 Å². The lowest BCUT2D eigenvalue weighted by Crippen LogP contribution is -2.22. The Labute approximate surface area is 119 Å². The van der Waals surface area contributed by atoms with E-state index in [1.165, 1.54) is 22.5 Å². The van der Waals surface area contributed by atoms with Gasteiger partial charge < -0.3 is 5.32 Å². The molecule has 0 aliphatic rings. The zero-order chi connectivity index (χ0) is 13.0. The van der Waals surface area contributed by atoms with Crippen molar-refractivity contribution in [3.8, 4) is 0 Å². The number of nitrogens with one attached hydrogen (secondary N) is 1. The van der Waals surface area contributed by atoms with Gasteiger partial charge in [-0.3, -0.25) is 4.79 Å². The maximum Gasteiger partial charge on any atom is 0.261 e. The van der Waals surface area contributed by atoms with E-state index < -0.39 is 0 Å². The van der Waals surface area contributed by atoms with Crippen molar-refractivity contribution in [1.82, 2.24) is 5.32 Å². The van der Waals surface area contributed by atoms with Crippen LogP contribution in [0.25, 0.3) is 0 Å². The molecular weight excluding hydrogens is 310 g/mol. The lowest BCUT2D eigenvalue weighted by Gasteiger charge is -2.08. The summed E-state index contributed by atoms with van der Waals surface area (Å²) in [6, 6.07) is 11.9. The van der Waals surface area contributed by atoms with E-state index in [-0.39, 0.29) is 5.91 Å². The van der Waals surface area contributed by atoms with Crippen LogP contribution in [0.1, 0.15) is 27.7 Å². The molecule has 0 fully saturated rings. The van der Waals surface area contributed by atoms with Gasteiger partial charge in [-0.25, -0.2) is 0 Å². The summed E-state index contributed by atoms with van der Waals surface area (Å²) in [5.41, 5.74) is 2.47. The van der Waals surface area contributed by atoms with Gasteiger partial charge in [0.25, 0.3) is 5.91 Å². The van der Waals surface area contributed by atoms with E-state index in [0.717, 1.165) is 15.1 Å². The topological polar surface area (TPSA) is 29.1 Å². The van der Waals surface area contributed by atoms with Gasteiger partial charge >= 0.3 is 0 Å². The second-order valence-corrected chi connectivity index (χ2v) is 6.37. The smallest absolute Gasteiger partial charge is 0.261 e. The molecule has 0 aliphatic heterocycles. The second-order valence-electron chi connectivity index (χ2n) is 3.91. The largest absolute Gasteiger partial charge is 0.347 e. The monoisotopic (exact) mass is 323 g/mol. The summed E-state index contributed by atoms with van der Waals surface area (Å²) >= 11 is 4.80. The molecule has 2 rings (SSSR count). The summed E-state index contributed by atoms with van der Waals surface area (Å²) < 4.78 is 0.974. The highest BCUT2D eigenvalue weighted by Gasteiger charge is 2.08. The van der Waals surface area contributed by atoms with Gasteiger partial charge in [-0.1, -0.05) is 31.2 Å². The third-order valence-electron chi connectivity index (χ3n) is 2.74. The van der Waals surface area contributed by atoms with E-state index in [2.05, 4.69) is 40.3 Å². The number of aryl methyl sites for hydroxylation is 1. The zero-order valence-corrected chi connectivity index (χ0v) is 12.5. The van der Waals surface area contributed by atoms with Crippen molar-refractivity contribution in [2.75, 3.05) is 0 Å². The van der Waals surface area contributed by atoms with E-state index in [9.17, 15) is 4.79 Å². The first-order chi connectivity index (χ1) is 8.70. The third-order valence-corrected chi connectivity index (χ3v) is 4.36. The Kier molecular flexibility index (Phi) is 4.55.